The average Bonchev–Trinajstić information content (AvgIpc) is 3.00. The normalized spacial score (nSPS) is 12.2. The van der Waals surface area contributed by atoms with Crippen LogP contribution in [0.5, 0.6) is 11.5 Å². The molecule has 0 fully saturated rings. The maximum Gasteiger partial charge on any atom is 0.251 e. The summed E-state index contributed by atoms with van der Waals surface area (Å²) >= 11 is 0. The quantitative estimate of drug-likeness (QED) is 0.898. The molecule has 3 rings (SSSR count). The number of rotatable bonds is 4. The number of fused-ring (bicyclic) bond motifs is 1. The Labute approximate surface area is 122 Å². The molecule has 0 aromatic heterocycles. The summed E-state index contributed by atoms with van der Waals surface area (Å²) < 4.78 is 10.5. The van der Waals surface area contributed by atoms with E-state index >= 15 is 0 Å². The zero-order valence-electron chi connectivity index (χ0n) is 11.5. The van der Waals surface area contributed by atoms with Crippen molar-refractivity contribution in [3.8, 4) is 11.5 Å². The first-order chi connectivity index (χ1) is 10.3. The van der Waals surface area contributed by atoms with Gasteiger partial charge in [0.1, 0.15) is 0 Å². The Morgan fingerprint density at radius 2 is 1.86 bits per heavy atom. The van der Waals surface area contributed by atoms with Crippen LogP contribution in [0.4, 0.5) is 0 Å². The number of carbonyl (C=O) groups excluding carboxylic acids is 1. The number of carbonyl (C=O) groups is 1. The third-order valence-electron chi connectivity index (χ3n) is 3.41. The third-order valence-corrected chi connectivity index (χ3v) is 3.41. The summed E-state index contributed by atoms with van der Waals surface area (Å²) in [6, 6.07) is 12.9. The maximum absolute atomic E-state index is 12.2. The van der Waals surface area contributed by atoms with Crippen LogP contribution in [0.3, 0.4) is 0 Å². The number of amides is 1. The van der Waals surface area contributed by atoms with Crippen molar-refractivity contribution in [2.75, 3.05) is 6.79 Å². The molecule has 0 spiro atoms. The molecule has 0 saturated heterocycles. The molecular formula is C16H16N2O3. The molecule has 2 aromatic carbocycles. The highest BCUT2D eigenvalue weighted by Crippen LogP contribution is 2.32. The molecule has 0 bridgehead atoms. The summed E-state index contributed by atoms with van der Waals surface area (Å²) in [7, 11) is 0. The minimum absolute atomic E-state index is 0.153. The lowest BCUT2D eigenvalue weighted by molar-refractivity contribution is 0.0950. The van der Waals surface area contributed by atoms with E-state index in [9.17, 15) is 4.79 Å². The monoisotopic (exact) mass is 284 g/mol. The van der Waals surface area contributed by atoms with E-state index in [1.165, 1.54) is 0 Å². The van der Waals surface area contributed by atoms with Gasteiger partial charge in [0.15, 0.2) is 11.5 Å². The van der Waals surface area contributed by atoms with E-state index in [1.54, 1.807) is 18.2 Å². The van der Waals surface area contributed by atoms with Gasteiger partial charge in [0, 0.05) is 18.7 Å². The average molecular weight is 284 g/mol. The molecule has 1 aliphatic rings. The van der Waals surface area contributed by atoms with Crippen LogP contribution >= 0.6 is 0 Å². The fraction of sp³-hybridized carbons (Fsp3) is 0.188. The van der Waals surface area contributed by atoms with Crippen molar-refractivity contribution in [1.82, 2.24) is 5.32 Å². The van der Waals surface area contributed by atoms with Crippen LogP contribution in [0.2, 0.25) is 0 Å². The van der Waals surface area contributed by atoms with Gasteiger partial charge in [-0.05, 0) is 29.3 Å². The minimum atomic E-state index is -0.153. The topological polar surface area (TPSA) is 73.6 Å². The smallest absolute Gasteiger partial charge is 0.251 e. The molecule has 0 radical (unpaired) electrons. The minimum Gasteiger partial charge on any atom is -0.454 e. The summed E-state index contributed by atoms with van der Waals surface area (Å²) in [5.74, 6) is 1.12. The standard InChI is InChI=1S/C16H16N2O3/c17-8-12-3-1-2-4-13(12)9-18-16(19)11-5-6-14-15(7-11)21-10-20-14/h1-7H,8-10,17H2,(H,18,19). The van der Waals surface area contributed by atoms with Crippen molar-refractivity contribution in [3.63, 3.8) is 0 Å². The van der Waals surface area contributed by atoms with E-state index in [-0.39, 0.29) is 12.7 Å². The van der Waals surface area contributed by atoms with Crippen LogP contribution in [0, 0.1) is 0 Å². The maximum atomic E-state index is 12.2. The van der Waals surface area contributed by atoms with Gasteiger partial charge in [-0.1, -0.05) is 24.3 Å². The van der Waals surface area contributed by atoms with E-state index in [1.807, 2.05) is 24.3 Å². The van der Waals surface area contributed by atoms with Gasteiger partial charge < -0.3 is 20.5 Å². The van der Waals surface area contributed by atoms with Crippen molar-refractivity contribution < 1.29 is 14.3 Å². The van der Waals surface area contributed by atoms with Crippen LogP contribution < -0.4 is 20.5 Å². The van der Waals surface area contributed by atoms with Gasteiger partial charge in [-0.2, -0.15) is 0 Å². The predicted octanol–water partition coefficient (Wildman–Crippen LogP) is 1.80. The molecule has 2 aromatic rings. The van der Waals surface area contributed by atoms with Crippen molar-refractivity contribution in [3.05, 3.63) is 59.2 Å². The van der Waals surface area contributed by atoms with Gasteiger partial charge in [-0.15, -0.1) is 0 Å². The molecule has 0 aliphatic carbocycles. The Balaban J connectivity index is 1.69. The predicted molar refractivity (Wildman–Crippen MR) is 78.1 cm³/mol. The molecule has 108 valence electrons. The number of nitrogens with two attached hydrogens (primary N) is 1. The largest absolute Gasteiger partial charge is 0.454 e. The highest BCUT2D eigenvalue weighted by atomic mass is 16.7. The lowest BCUT2D eigenvalue weighted by Gasteiger charge is -2.09. The lowest BCUT2D eigenvalue weighted by Crippen LogP contribution is -2.23. The molecule has 1 aliphatic heterocycles. The molecule has 3 N–H and O–H groups in total. The first kappa shape index (κ1) is 13.5. The van der Waals surface area contributed by atoms with Gasteiger partial charge in [0.25, 0.3) is 5.91 Å². The first-order valence-corrected chi connectivity index (χ1v) is 6.72. The van der Waals surface area contributed by atoms with E-state index in [0.29, 0.717) is 30.2 Å². The van der Waals surface area contributed by atoms with E-state index in [4.69, 9.17) is 15.2 Å². The van der Waals surface area contributed by atoms with Crippen LogP contribution in [0.25, 0.3) is 0 Å². The summed E-state index contributed by atoms with van der Waals surface area (Å²) in [5.41, 5.74) is 8.29. The van der Waals surface area contributed by atoms with Crippen molar-refractivity contribution in [2.45, 2.75) is 13.1 Å². The number of nitrogens with one attached hydrogen (secondary N) is 1. The Morgan fingerprint density at radius 3 is 2.67 bits per heavy atom. The fourth-order valence-electron chi connectivity index (χ4n) is 2.24. The van der Waals surface area contributed by atoms with Crippen LogP contribution in [-0.4, -0.2) is 12.7 Å². The Hall–Kier alpha value is -2.53. The van der Waals surface area contributed by atoms with E-state index in [0.717, 1.165) is 11.1 Å². The van der Waals surface area contributed by atoms with Gasteiger partial charge >= 0.3 is 0 Å². The van der Waals surface area contributed by atoms with Crippen molar-refractivity contribution in [1.29, 1.82) is 0 Å². The number of ether oxygens (including phenoxy) is 2. The second kappa shape index (κ2) is 5.85. The van der Waals surface area contributed by atoms with Gasteiger partial charge in [-0.3, -0.25) is 4.79 Å². The summed E-state index contributed by atoms with van der Waals surface area (Å²) in [5, 5.41) is 2.89. The number of hydrogen-bond acceptors (Lipinski definition) is 4. The molecule has 0 unspecified atom stereocenters. The van der Waals surface area contributed by atoms with Crippen LogP contribution in [0.15, 0.2) is 42.5 Å². The molecule has 21 heavy (non-hydrogen) atoms. The summed E-state index contributed by atoms with van der Waals surface area (Å²) in [4.78, 5) is 12.2. The molecule has 5 nitrogen and oxygen atoms in total. The number of hydrogen-bond donors (Lipinski definition) is 2. The van der Waals surface area contributed by atoms with E-state index < -0.39 is 0 Å². The highest BCUT2D eigenvalue weighted by molar-refractivity contribution is 5.94. The summed E-state index contributed by atoms with van der Waals surface area (Å²) in [6.45, 7) is 1.10. The van der Waals surface area contributed by atoms with Crippen LogP contribution in [-0.2, 0) is 13.1 Å². The van der Waals surface area contributed by atoms with Crippen molar-refractivity contribution in [2.24, 2.45) is 5.73 Å². The summed E-state index contributed by atoms with van der Waals surface area (Å²) in [6.07, 6.45) is 0. The number of benzene rings is 2. The third kappa shape index (κ3) is 2.83. The Kier molecular flexibility index (Phi) is 3.75. The molecule has 0 atom stereocenters. The fourth-order valence-corrected chi connectivity index (χ4v) is 2.24. The molecule has 1 amide bonds. The zero-order chi connectivity index (χ0) is 14.7. The SMILES string of the molecule is NCc1ccccc1CNC(=O)c1ccc2c(c1)OCO2. The van der Waals surface area contributed by atoms with Gasteiger partial charge in [0.2, 0.25) is 6.79 Å². The lowest BCUT2D eigenvalue weighted by atomic mass is 10.1. The Bertz CT molecular complexity index is 670. The van der Waals surface area contributed by atoms with Gasteiger partial charge in [-0.25, -0.2) is 0 Å². The molecule has 1 heterocycles. The molecule has 0 saturated carbocycles. The van der Waals surface area contributed by atoms with E-state index in [2.05, 4.69) is 5.32 Å². The second-order valence-corrected chi connectivity index (χ2v) is 4.72. The van der Waals surface area contributed by atoms with Gasteiger partial charge in [0.05, 0.1) is 0 Å². The van der Waals surface area contributed by atoms with Crippen LogP contribution in [0.1, 0.15) is 21.5 Å². The first-order valence-electron chi connectivity index (χ1n) is 6.72. The van der Waals surface area contributed by atoms with Crippen molar-refractivity contribution >= 4 is 5.91 Å². The molecular weight excluding hydrogens is 268 g/mol. The Morgan fingerprint density at radius 1 is 1.10 bits per heavy atom. The second-order valence-electron chi connectivity index (χ2n) is 4.72. The zero-order valence-corrected chi connectivity index (χ0v) is 11.5. The molecule has 5 heteroatoms. The highest BCUT2D eigenvalue weighted by Gasteiger charge is 2.16.